The average molecular weight is 361 g/mol. The molecule has 2 aromatic rings. The fourth-order valence-corrected chi connectivity index (χ4v) is 2.99. The molecule has 0 aliphatic heterocycles. The second-order valence-electron chi connectivity index (χ2n) is 5.15. The Bertz CT molecular complexity index is 770. The van der Waals surface area contributed by atoms with Gasteiger partial charge < -0.3 is 10.1 Å². The molecule has 24 heavy (non-hydrogen) atoms. The molecule has 0 heterocycles. The number of aryl methyl sites for hydroxylation is 1. The summed E-state index contributed by atoms with van der Waals surface area (Å²) in [7, 11) is 1.54. The van der Waals surface area contributed by atoms with Gasteiger partial charge in [0.15, 0.2) is 0 Å². The van der Waals surface area contributed by atoms with Crippen molar-refractivity contribution in [2.75, 3.05) is 18.2 Å². The molecule has 0 bridgehead atoms. The molecule has 0 aliphatic rings. The fraction of sp³-hybridized carbons (Fsp3) is 0.222. The van der Waals surface area contributed by atoms with Gasteiger partial charge in [0.1, 0.15) is 5.75 Å². The monoisotopic (exact) mass is 360 g/mol. The van der Waals surface area contributed by atoms with Gasteiger partial charge in [-0.3, -0.25) is 4.79 Å². The van der Waals surface area contributed by atoms with Gasteiger partial charge in [-0.15, -0.1) is 11.8 Å². The highest BCUT2D eigenvalue weighted by Crippen LogP contribution is 2.31. The maximum Gasteiger partial charge on any atom is 0.234 e. The zero-order valence-electron chi connectivity index (χ0n) is 13.4. The van der Waals surface area contributed by atoms with E-state index < -0.39 is 0 Å². The molecular formula is C18H17ClN2O2S. The van der Waals surface area contributed by atoms with Crippen LogP contribution >= 0.6 is 23.4 Å². The smallest absolute Gasteiger partial charge is 0.234 e. The lowest BCUT2D eigenvalue weighted by Gasteiger charge is -2.12. The van der Waals surface area contributed by atoms with Crippen LogP contribution in [-0.2, 0) is 10.5 Å². The summed E-state index contributed by atoms with van der Waals surface area (Å²) >= 11 is 7.56. The number of rotatable bonds is 6. The van der Waals surface area contributed by atoms with E-state index in [9.17, 15) is 4.79 Å². The summed E-state index contributed by atoms with van der Waals surface area (Å²) < 4.78 is 5.25. The maximum atomic E-state index is 12.1. The van der Waals surface area contributed by atoms with Crippen LogP contribution in [0.3, 0.4) is 0 Å². The number of hydrogen-bond acceptors (Lipinski definition) is 4. The summed E-state index contributed by atoms with van der Waals surface area (Å²) in [6.45, 7) is 1.87. The van der Waals surface area contributed by atoms with Crippen LogP contribution < -0.4 is 10.1 Å². The number of nitrogens with one attached hydrogen (secondary N) is 1. The Morgan fingerprint density at radius 2 is 2.04 bits per heavy atom. The van der Waals surface area contributed by atoms with Crippen LogP contribution in [0.1, 0.15) is 16.7 Å². The van der Waals surface area contributed by atoms with Gasteiger partial charge in [-0.1, -0.05) is 23.7 Å². The van der Waals surface area contributed by atoms with Crippen molar-refractivity contribution in [3.63, 3.8) is 0 Å². The molecule has 0 atom stereocenters. The molecule has 0 saturated carbocycles. The number of amides is 1. The number of carbonyl (C=O) groups is 1. The number of thioether (sulfide) groups is 1. The van der Waals surface area contributed by atoms with E-state index in [1.165, 1.54) is 18.9 Å². The number of hydrogen-bond donors (Lipinski definition) is 1. The Kier molecular flexibility index (Phi) is 6.53. The van der Waals surface area contributed by atoms with Crippen molar-refractivity contribution in [1.82, 2.24) is 0 Å². The van der Waals surface area contributed by atoms with Crippen molar-refractivity contribution in [3.8, 4) is 11.8 Å². The second-order valence-corrected chi connectivity index (χ2v) is 6.54. The molecule has 4 nitrogen and oxygen atoms in total. The lowest BCUT2D eigenvalue weighted by molar-refractivity contribution is -0.113. The van der Waals surface area contributed by atoms with E-state index in [4.69, 9.17) is 21.6 Å². The van der Waals surface area contributed by atoms with Crippen LogP contribution in [0.5, 0.6) is 5.75 Å². The van der Waals surface area contributed by atoms with Gasteiger partial charge in [-0.25, -0.2) is 0 Å². The molecule has 0 radical (unpaired) electrons. The molecule has 0 aromatic heterocycles. The Hall–Kier alpha value is -2.16. The predicted molar refractivity (Wildman–Crippen MR) is 98.7 cm³/mol. The summed E-state index contributed by atoms with van der Waals surface area (Å²) in [5, 5.41) is 12.2. The van der Waals surface area contributed by atoms with Gasteiger partial charge in [0.05, 0.1) is 30.2 Å². The summed E-state index contributed by atoms with van der Waals surface area (Å²) in [5.74, 6) is 1.46. The third-order valence-corrected chi connectivity index (χ3v) is 4.75. The van der Waals surface area contributed by atoms with Crippen molar-refractivity contribution in [3.05, 3.63) is 58.1 Å². The first-order chi connectivity index (χ1) is 11.5. The van der Waals surface area contributed by atoms with Crippen molar-refractivity contribution in [2.45, 2.75) is 12.7 Å². The van der Waals surface area contributed by atoms with Crippen LogP contribution in [0, 0.1) is 18.3 Å². The van der Waals surface area contributed by atoms with Gasteiger partial charge in [-0.2, -0.15) is 5.26 Å². The van der Waals surface area contributed by atoms with Crippen LogP contribution in [0.4, 0.5) is 5.69 Å². The van der Waals surface area contributed by atoms with Crippen LogP contribution in [0.25, 0.3) is 0 Å². The number of anilines is 1. The van der Waals surface area contributed by atoms with Gasteiger partial charge in [0, 0.05) is 16.8 Å². The predicted octanol–water partition coefficient (Wildman–Crippen LogP) is 4.40. The molecule has 0 fully saturated rings. The maximum absolute atomic E-state index is 12.1. The third-order valence-electron chi connectivity index (χ3n) is 3.34. The zero-order valence-corrected chi connectivity index (χ0v) is 15.0. The standard InChI is InChI=1S/C18H17ClN2O2S/c1-12-7-16(17(23-2)8-15(12)19)21-18(22)11-24-10-14-5-3-13(9-20)4-6-14/h3-8H,10-11H2,1-2H3,(H,21,22). The Morgan fingerprint density at radius 1 is 1.33 bits per heavy atom. The van der Waals surface area contributed by atoms with Crippen molar-refractivity contribution < 1.29 is 9.53 Å². The number of halogens is 1. The number of ether oxygens (including phenoxy) is 1. The lowest BCUT2D eigenvalue weighted by Crippen LogP contribution is -2.15. The highest BCUT2D eigenvalue weighted by atomic mass is 35.5. The van der Waals surface area contributed by atoms with Crippen LogP contribution in [-0.4, -0.2) is 18.8 Å². The quantitative estimate of drug-likeness (QED) is 0.829. The van der Waals surface area contributed by atoms with Crippen LogP contribution in [0.2, 0.25) is 5.02 Å². The van der Waals surface area contributed by atoms with E-state index in [2.05, 4.69) is 11.4 Å². The first-order valence-corrected chi connectivity index (χ1v) is 8.77. The highest BCUT2D eigenvalue weighted by Gasteiger charge is 2.10. The van der Waals surface area contributed by atoms with E-state index in [0.29, 0.717) is 33.5 Å². The third kappa shape index (κ3) is 4.92. The molecule has 0 spiro atoms. The van der Waals surface area contributed by atoms with Gasteiger partial charge >= 0.3 is 0 Å². The number of methoxy groups -OCH3 is 1. The number of carbonyl (C=O) groups excluding carboxylic acids is 1. The Morgan fingerprint density at radius 3 is 2.67 bits per heavy atom. The summed E-state index contributed by atoms with van der Waals surface area (Å²) in [6.07, 6.45) is 0. The molecule has 1 N–H and O–H groups in total. The van der Waals surface area contributed by atoms with Crippen molar-refractivity contribution in [1.29, 1.82) is 5.26 Å². The average Bonchev–Trinajstić information content (AvgIpc) is 2.58. The summed E-state index contributed by atoms with van der Waals surface area (Å²) in [4.78, 5) is 12.1. The Balaban J connectivity index is 1.89. The molecule has 2 rings (SSSR count). The van der Waals surface area contributed by atoms with Gasteiger partial charge in [0.2, 0.25) is 5.91 Å². The summed E-state index contributed by atoms with van der Waals surface area (Å²) in [5.41, 5.74) is 3.19. The van der Waals surface area contributed by atoms with E-state index >= 15 is 0 Å². The number of nitriles is 1. The van der Waals surface area contributed by atoms with E-state index in [1.54, 1.807) is 24.3 Å². The molecule has 1 amide bonds. The largest absolute Gasteiger partial charge is 0.495 e. The summed E-state index contributed by atoms with van der Waals surface area (Å²) in [6, 6.07) is 12.9. The molecule has 2 aromatic carbocycles. The van der Waals surface area contributed by atoms with Gasteiger partial charge in [0.25, 0.3) is 0 Å². The topological polar surface area (TPSA) is 62.1 Å². The zero-order chi connectivity index (χ0) is 17.5. The Labute approximate surface area is 150 Å². The van der Waals surface area contributed by atoms with Crippen molar-refractivity contribution >= 4 is 35.0 Å². The first kappa shape index (κ1) is 18.2. The minimum Gasteiger partial charge on any atom is -0.495 e. The molecule has 0 saturated heterocycles. The van der Waals surface area contributed by atoms with Crippen molar-refractivity contribution in [2.24, 2.45) is 0 Å². The number of nitrogens with zero attached hydrogens (tertiary/aromatic N) is 1. The first-order valence-electron chi connectivity index (χ1n) is 7.24. The molecule has 6 heteroatoms. The second kappa shape index (κ2) is 8.62. The number of benzene rings is 2. The van der Waals surface area contributed by atoms with Gasteiger partial charge in [-0.05, 0) is 36.2 Å². The molecular weight excluding hydrogens is 344 g/mol. The lowest BCUT2D eigenvalue weighted by atomic mass is 10.2. The van der Waals surface area contributed by atoms with E-state index in [0.717, 1.165) is 11.1 Å². The minimum absolute atomic E-state index is 0.103. The highest BCUT2D eigenvalue weighted by molar-refractivity contribution is 7.99. The SMILES string of the molecule is COc1cc(Cl)c(C)cc1NC(=O)CSCc1ccc(C#N)cc1. The molecule has 124 valence electrons. The van der Waals surface area contributed by atoms with Crippen LogP contribution in [0.15, 0.2) is 36.4 Å². The van der Waals surface area contributed by atoms with E-state index in [-0.39, 0.29) is 5.91 Å². The van der Waals surface area contributed by atoms with E-state index in [1.807, 2.05) is 19.1 Å². The normalized spacial score (nSPS) is 10.1. The molecule has 0 aliphatic carbocycles. The fourth-order valence-electron chi connectivity index (χ4n) is 2.05. The molecule has 0 unspecified atom stereocenters. The minimum atomic E-state index is -0.103.